The molecule has 0 unspecified atom stereocenters. The molecular weight excluding hydrogens is 488 g/mol. The molecule has 8 nitrogen and oxygen atoms in total. The van der Waals surface area contributed by atoms with Gasteiger partial charge in [-0.3, -0.25) is 19.3 Å². The lowest BCUT2D eigenvalue weighted by molar-refractivity contribution is 0.0945. The molecule has 0 aliphatic carbocycles. The van der Waals surface area contributed by atoms with Crippen LogP contribution in [0.5, 0.6) is 0 Å². The second-order valence-corrected chi connectivity index (χ2v) is 9.67. The lowest BCUT2D eigenvalue weighted by Gasteiger charge is -2.17. The Morgan fingerprint density at radius 2 is 1.77 bits per heavy atom. The second-order valence-electron chi connectivity index (χ2n) is 9.67. The summed E-state index contributed by atoms with van der Waals surface area (Å²) in [5, 5.41) is 10.6. The Morgan fingerprint density at radius 1 is 0.974 bits per heavy atom. The molecule has 2 amide bonds. The van der Waals surface area contributed by atoms with Crippen LogP contribution in [0, 0.1) is 6.92 Å². The van der Waals surface area contributed by atoms with Crippen molar-refractivity contribution < 1.29 is 9.59 Å². The molecule has 2 aromatic carbocycles. The van der Waals surface area contributed by atoms with E-state index in [4.69, 9.17) is 0 Å². The van der Waals surface area contributed by atoms with Crippen molar-refractivity contribution in [2.45, 2.75) is 19.9 Å². The van der Waals surface area contributed by atoms with E-state index in [1.807, 2.05) is 73.3 Å². The molecule has 2 N–H and O–H groups in total. The average molecular weight is 517 g/mol. The number of hydrogen-bond acceptors (Lipinski definition) is 4. The van der Waals surface area contributed by atoms with Gasteiger partial charge in [0.2, 0.25) is 0 Å². The van der Waals surface area contributed by atoms with Crippen molar-refractivity contribution in [3.63, 3.8) is 0 Å². The molecule has 4 heterocycles. The van der Waals surface area contributed by atoms with Crippen LogP contribution in [0.25, 0.3) is 22.4 Å². The van der Waals surface area contributed by atoms with Gasteiger partial charge >= 0.3 is 0 Å². The summed E-state index contributed by atoms with van der Waals surface area (Å²) in [4.78, 5) is 30.5. The molecule has 5 aromatic rings. The normalized spacial score (nSPS) is 12.6. The Morgan fingerprint density at radius 3 is 2.51 bits per heavy atom. The lowest BCUT2D eigenvalue weighted by Crippen LogP contribution is -2.32. The number of aromatic nitrogens is 4. The zero-order valence-corrected chi connectivity index (χ0v) is 21.8. The van der Waals surface area contributed by atoms with Crippen molar-refractivity contribution in [2.75, 3.05) is 11.9 Å². The van der Waals surface area contributed by atoms with Crippen LogP contribution in [0.4, 0.5) is 5.69 Å². The molecule has 0 radical (unpaired) electrons. The largest absolute Gasteiger partial charge is 0.352 e. The van der Waals surface area contributed by atoms with Gasteiger partial charge in [-0.05, 0) is 55.0 Å². The van der Waals surface area contributed by atoms with Gasteiger partial charge in [-0.25, -0.2) is 0 Å². The van der Waals surface area contributed by atoms with Crippen molar-refractivity contribution in [2.24, 2.45) is 7.05 Å². The first-order valence-electron chi connectivity index (χ1n) is 12.9. The van der Waals surface area contributed by atoms with E-state index in [0.717, 1.165) is 39.5 Å². The SMILES string of the molecule is Cc1cc(Cn2c3c(c(-c4cccc(NC(=O)c5ccccc5)c4)c2-c2ccncc2)C(=O)NCC3)n(C)n1. The van der Waals surface area contributed by atoms with Gasteiger partial charge in [-0.15, -0.1) is 0 Å². The number of carbonyl (C=O) groups excluding carboxylic acids is 2. The van der Waals surface area contributed by atoms with Gasteiger partial charge in [0, 0.05) is 60.5 Å². The average Bonchev–Trinajstić information content (AvgIpc) is 3.46. The predicted molar refractivity (Wildman–Crippen MR) is 151 cm³/mol. The van der Waals surface area contributed by atoms with Crippen LogP contribution < -0.4 is 10.6 Å². The Hall–Kier alpha value is -4.98. The molecule has 6 rings (SSSR count). The summed E-state index contributed by atoms with van der Waals surface area (Å²) < 4.78 is 4.13. The van der Waals surface area contributed by atoms with Crippen LogP contribution in [-0.2, 0) is 20.0 Å². The highest BCUT2D eigenvalue weighted by molar-refractivity contribution is 6.08. The molecule has 0 fully saturated rings. The van der Waals surface area contributed by atoms with E-state index in [1.54, 1.807) is 24.5 Å². The van der Waals surface area contributed by atoms with Crippen LogP contribution in [0.3, 0.4) is 0 Å². The topological polar surface area (TPSA) is 93.8 Å². The number of benzene rings is 2. The fourth-order valence-corrected chi connectivity index (χ4v) is 5.34. The van der Waals surface area contributed by atoms with E-state index in [2.05, 4.69) is 31.3 Å². The molecule has 0 bridgehead atoms. The number of pyridine rings is 1. The Kier molecular flexibility index (Phi) is 6.28. The summed E-state index contributed by atoms with van der Waals surface area (Å²) in [5.41, 5.74) is 8.45. The fraction of sp³-hybridized carbons (Fsp3) is 0.161. The third-order valence-corrected chi connectivity index (χ3v) is 7.06. The number of nitrogens with one attached hydrogen (secondary N) is 2. The zero-order valence-electron chi connectivity index (χ0n) is 21.8. The van der Waals surface area contributed by atoms with Crippen LogP contribution >= 0.6 is 0 Å². The summed E-state index contributed by atoms with van der Waals surface area (Å²) in [7, 11) is 1.94. The van der Waals surface area contributed by atoms with Gasteiger partial charge in [0.15, 0.2) is 0 Å². The Bertz CT molecular complexity index is 1690. The minimum absolute atomic E-state index is 0.0970. The van der Waals surface area contributed by atoms with E-state index in [-0.39, 0.29) is 11.8 Å². The van der Waals surface area contributed by atoms with Gasteiger partial charge in [0.05, 0.1) is 29.2 Å². The Labute approximate surface area is 226 Å². The quantitative estimate of drug-likeness (QED) is 0.338. The maximum Gasteiger partial charge on any atom is 0.255 e. The highest BCUT2D eigenvalue weighted by Crippen LogP contribution is 2.41. The number of nitrogens with zero attached hydrogens (tertiary/aromatic N) is 4. The van der Waals surface area contributed by atoms with Crippen molar-refractivity contribution in [1.82, 2.24) is 24.6 Å². The van der Waals surface area contributed by atoms with Crippen LogP contribution in [0.15, 0.2) is 85.2 Å². The minimum Gasteiger partial charge on any atom is -0.352 e. The summed E-state index contributed by atoms with van der Waals surface area (Å²) in [6, 6.07) is 22.8. The third kappa shape index (κ3) is 4.61. The highest BCUT2D eigenvalue weighted by atomic mass is 16.2. The molecule has 8 heteroatoms. The van der Waals surface area contributed by atoms with Gasteiger partial charge in [-0.2, -0.15) is 5.10 Å². The van der Waals surface area contributed by atoms with Crippen LogP contribution in [0.1, 0.15) is 37.8 Å². The molecule has 1 aliphatic heterocycles. The smallest absolute Gasteiger partial charge is 0.255 e. The Balaban J connectivity index is 1.53. The monoisotopic (exact) mass is 516 g/mol. The lowest BCUT2D eigenvalue weighted by atomic mass is 9.95. The summed E-state index contributed by atoms with van der Waals surface area (Å²) >= 11 is 0. The molecule has 0 atom stereocenters. The summed E-state index contributed by atoms with van der Waals surface area (Å²) in [5.74, 6) is -0.286. The molecule has 0 spiro atoms. The van der Waals surface area contributed by atoms with Gasteiger partial charge < -0.3 is 15.2 Å². The van der Waals surface area contributed by atoms with E-state index in [9.17, 15) is 9.59 Å². The van der Waals surface area contributed by atoms with E-state index in [0.29, 0.717) is 36.3 Å². The molecule has 0 saturated carbocycles. The van der Waals surface area contributed by atoms with Crippen LogP contribution in [-0.4, -0.2) is 37.7 Å². The number of carbonyl (C=O) groups is 2. The first-order valence-corrected chi connectivity index (χ1v) is 12.9. The van der Waals surface area contributed by atoms with Gasteiger partial charge in [-0.1, -0.05) is 30.3 Å². The van der Waals surface area contributed by atoms with E-state index >= 15 is 0 Å². The molecule has 3 aromatic heterocycles. The van der Waals surface area contributed by atoms with Crippen molar-refractivity contribution >= 4 is 17.5 Å². The standard InChI is InChI=1S/C31H28N6O2/c1-20-17-25(36(2)35-20)19-37-26-13-16-33-31(39)28(26)27(29(37)21-11-14-32-15-12-21)23-9-6-10-24(18-23)34-30(38)22-7-4-3-5-8-22/h3-12,14-15,17-18H,13,16,19H2,1-2H3,(H,33,39)(H,34,38). The second kappa shape index (κ2) is 10.1. The van der Waals surface area contributed by atoms with Crippen molar-refractivity contribution in [3.8, 4) is 22.4 Å². The van der Waals surface area contributed by atoms with Gasteiger partial charge in [0.25, 0.3) is 11.8 Å². The minimum atomic E-state index is -0.189. The number of anilines is 1. The molecule has 0 saturated heterocycles. The maximum atomic E-state index is 13.4. The van der Waals surface area contributed by atoms with E-state index in [1.165, 1.54) is 0 Å². The summed E-state index contributed by atoms with van der Waals surface area (Å²) in [6.07, 6.45) is 4.24. The van der Waals surface area contributed by atoms with Crippen molar-refractivity contribution in [1.29, 1.82) is 0 Å². The first-order chi connectivity index (χ1) is 19.0. The number of rotatable bonds is 6. The fourth-order valence-electron chi connectivity index (χ4n) is 5.34. The van der Waals surface area contributed by atoms with E-state index < -0.39 is 0 Å². The molecule has 39 heavy (non-hydrogen) atoms. The van der Waals surface area contributed by atoms with Crippen molar-refractivity contribution in [3.05, 3.63) is 113 Å². The number of hydrogen-bond donors (Lipinski definition) is 2. The van der Waals surface area contributed by atoms with Gasteiger partial charge in [0.1, 0.15) is 0 Å². The highest BCUT2D eigenvalue weighted by Gasteiger charge is 2.31. The number of fused-ring (bicyclic) bond motifs is 1. The van der Waals surface area contributed by atoms with Crippen LogP contribution in [0.2, 0.25) is 0 Å². The third-order valence-electron chi connectivity index (χ3n) is 7.06. The molecular formula is C31H28N6O2. The number of amides is 2. The zero-order chi connectivity index (χ0) is 26.9. The number of aryl methyl sites for hydroxylation is 2. The molecule has 194 valence electrons. The predicted octanol–water partition coefficient (Wildman–Crippen LogP) is 4.85. The maximum absolute atomic E-state index is 13.4. The molecule has 1 aliphatic rings. The first kappa shape index (κ1) is 24.4. The summed E-state index contributed by atoms with van der Waals surface area (Å²) in [6.45, 7) is 3.12.